The number of rotatable bonds is 5. The maximum atomic E-state index is 13.2. The van der Waals surface area contributed by atoms with Crippen LogP contribution in [0.5, 0.6) is 11.5 Å². The van der Waals surface area contributed by atoms with Crippen LogP contribution >= 0.6 is 0 Å². The lowest BCUT2D eigenvalue weighted by Crippen LogP contribution is -2.43. The number of carbonyl (C=O) groups excluding carboxylic acids is 1. The van der Waals surface area contributed by atoms with E-state index in [9.17, 15) is 4.79 Å². The number of aromatic nitrogens is 2. The van der Waals surface area contributed by atoms with Crippen molar-refractivity contribution in [2.24, 2.45) is 0 Å². The summed E-state index contributed by atoms with van der Waals surface area (Å²) in [6.07, 6.45) is 5.39. The third kappa shape index (κ3) is 5.25. The Morgan fingerprint density at radius 3 is 2.81 bits per heavy atom. The molecule has 1 saturated heterocycles. The molecule has 0 N–H and O–H groups in total. The molecule has 1 aromatic carbocycles. The Bertz CT molecular complexity index is 879. The fourth-order valence-electron chi connectivity index (χ4n) is 4.18. The molecule has 31 heavy (non-hydrogen) atoms. The summed E-state index contributed by atoms with van der Waals surface area (Å²) in [5.41, 5.74) is 1.06. The monoisotopic (exact) mass is 425 g/mol. The molecule has 1 aromatic heterocycles. The van der Waals surface area contributed by atoms with E-state index in [1.54, 1.807) is 19.5 Å². The first-order valence-electron chi connectivity index (χ1n) is 11.0. The van der Waals surface area contributed by atoms with E-state index in [2.05, 4.69) is 26.7 Å². The van der Waals surface area contributed by atoms with E-state index in [0.29, 0.717) is 19.6 Å². The van der Waals surface area contributed by atoms with Crippen molar-refractivity contribution < 1.29 is 14.3 Å². The van der Waals surface area contributed by atoms with Crippen LogP contribution in [-0.2, 0) is 11.3 Å². The second-order valence-corrected chi connectivity index (χ2v) is 8.06. The number of benzene rings is 1. The molecule has 1 fully saturated rings. The molecule has 0 radical (unpaired) electrons. The van der Waals surface area contributed by atoms with Crippen LogP contribution in [0.25, 0.3) is 0 Å². The van der Waals surface area contributed by atoms with Gasteiger partial charge in [0, 0.05) is 57.2 Å². The predicted octanol–water partition coefficient (Wildman–Crippen LogP) is 2.20. The van der Waals surface area contributed by atoms with Gasteiger partial charge < -0.3 is 19.3 Å². The number of amides is 1. The Labute approximate surface area is 183 Å². The highest BCUT2D eigenvalue weighted by molar-refractivity contribution is 5.78. The summed E-state index contributed by atoms with van der Waals surface area (Å²) in [4.78, 5) is 28.2. The molecule has 8 heteroatoms. The first-order valence-corrected chi connectivity index (χ1v) is 11.0. The molecule has 1 unspecified atom stereocenters. The third-order valence-corrected chi connectivity index (χ3v) is 5.91. The van der Waals surface area contributed by atoms with E-state index < -0.39 is 0 Å². The Morgan fingerprint density at radius 1 is 1.19 bits per heavy atom. The smallest absolute Gasteiger partial charge is 0.236 e. The maximum Gasteiger partial charge on any atom is 0.236 e. The zero-order chi connectivity index (χ0) is 21.6. The van der Waals surface area contributed by atoms with Crippen molar-refractivity contribution in [1.29, 1.82) is 0 Å². The number of carbonyl (C=O) groups is 1. The first kappa shape index (κ1) is 21.4. The minimum absolute atomic E-state index is 0.0669. The van der Waals surface area contributed by atoms with Gasteiger partial charge in [-0.2, -0.15) is 0 Å². The van der Waals surface area contributed by atoms with Crippen molar-refractivity contribution in [2.45, 2.75) is 32.4 Å². The molecule has 8 nitrogen and oxygen atoms in total. The van der Waals surface area contributed by atoms with E-state index in [1.165, 1.54) is 0 Å². The molecule has 2 aliphatic rings. The molecule has 0 spiro atoms. The van der Waals surface area contributed by atoms with Gasteiger partial charge in [-0.1, -0.05) is 6.92 Å². The van der Waals surface area contributed by atoms with Crippen molar-refractivity contribution >= 4 is 11.9 Å². The summed E-state index contributed by atoms with van der Waals surface area (Å²) >= 11 is 0. The second-order valence-electron chi connectivity index (χ2n) is 8.06. The number of hydrogen-bond acceptors (Lipinski definition) is 7. The topological polar surface area (TPSA) is 71.0 Å². The van der Waals surface area contributed by atoms with Crippen LogP contribution in [0, 0.1) is 0 Å². The van der Waals surface area contributed by atoms with Gasteiger partial charge in [0.25, 0.3) is 0 Å². The molecule has 0 aliphatic carbocycles. The van der Waals surface area contributed by atoms with Gasteiger partial charge in [-0.3, -0.25) is 9.69 Å². The van der Waals surface area contributed by atoms with Crippen molar-refractivity contribution in [3.8, 4) is 11.5 Å². The molecule has 1 atom stereocenters. The third-order valence-electron chi connectivity index (χ3n) is 5.91. The van der Waals surface area contributed by atoms with Crippen molar-refractivity contribution in [3.05, 3.63) is 42.2 Å². The second kappa shape index (κ2) is 9.96. The summed E-state index contributed by atoms with van der Waals surface area (Å²) in [7, 11) is 1.67. The van der Waals surface area contributed by atoms with Gasteiger partial charge in [-0.15, -0.1) is 0 Å². The molecule has 0 bridgehead atoms. The lowest BCUT2D eigenvalue weighted by molar-refractivity contribution is -0.132. The van der Waals surface area contributed by atoms with Gasteiger partial charge in [-0.05, 0) is 37.1 Å². The van der Waals surface area contributed by atoms with Gasteiger partial charge in [0.2, 0.25) is 11.9 Å². The molecule has 0 saturated carbocycles. The van der Waals surface area contributed by atoms with Gasteiger partial charge in [0.15, 0.2) is 0 Å². The molecule has 1 amide bonds. The average molecular weight is 426 g/mol. The van der Waals surface area contributed by atoms with Crippen LogP contribution in [0.2, 0.25) is 0 Å². The van der Waals surface area contributed by atoms with Gasteiger partial charge in [-0.25, -0.2) is 9.97 Å². The maximum absolute atomic E-state index is 13.2. The van der Waals surface area contributed by atoms with Gasteiger partial charge in [0.05, 0.1) is 13.7 Å². The van der Waals surface area contributed by atoms with Crippen LogP contribution in [0.3, 0.4) is 0 Å². The average Bonchev–Trinajstić information content (AvgIpc) is 3.15. The molecule has 2 aromatic rings. The van der Waals surface area contributed by atoms with E-state index >= 15 is 0 Å². The Morgan fingerprint density at radius 2 is 2.03 bits per heavy atom. The van der Waals surface area contributed by atoms with E-state index in [1.807, 2.05) is 29.2 Å². The highest BCUT2D eigenvalue weighted by Gasteiger charge is 2.27. The molecular weight excluding hydrogens is 394 g/mol. The standard InChI is InChI=1S/C23H31N5O3/c1-3-19-16-26(15-18-14-20(30-2)6-7-21(18)31-19)17-22(29)27-10-5-11-28(13-12-27)23-24-8-4-9-25-23/h4,6-9,14,19H,3,5,10-13,15-17H2,1-2H3. The quantitative estimate of drug-likeness (QED) is 0.727. The lowest BCUT2D eigenvalue weighted by atomic mass is 10.1. The van der Waals surface area contributed by atoms with Crippen LogP contribution in [-0.4, -0.2) is 78.2 Å². The number of nitrogens with zero attached hydrogens (tertiary/aromatic N) is 5. The van der Waals surface area contributed by atoms with E-state index in [-0.39, 0.29) is 12.0 Å². The number of fused-ring (bicyclic) bond motifs is 1. The highest BCUT2D eigenvalue weighted by atomic mass is 16.5. The van der Waals surface area contributed by atoms with Crippen molar-refractivity contribution in [1.82, 2.24) is 19.8 Å². The summed E-state index contributed by atoms with van der Waals surface area (Å²) in [6, 6.07) is 7.72. The molecule has 3 heterocycles. The largest absolute Gasteiger partial charge is 0.497 e. The highest BCUT2D eigenvalue weighted by Crippen LogP contribution is 2.29. The van der Waals surface area contributed by atoms with Crippen LogP contribution < -0.4 is 14.4 Å². The number of ether oxygens (including phenoxy) is 2. The Balaban J connectivity index is 1.41. The van der Waals surface area contributed by atoms with E-state index in [0.717, 1.165) is 62.0 Å². The Kier molecular flexibility index (Phi) is 6.86. The number of anilines is 1. The van der Waals surface area contributed by atoms with Crippen molar-refractivity contribution in [2.75, 3.05) is 51.3 Å². The Hall–Kier alpha value is -2.87. The summed E-state index contributed by atoms with van der Waals surface area (Å²) < 4.78 is 11.6. The normalized spacial score (nSPS) is 19.7. The predicted molar refractivity (Wildman–Crippen MR) is 118 cm³/mol. The fourth-order valence-corrected chi connectivity index (χ4v) is 4.18. The first-order chi connectivity index (χ1) is 15.2. The summed E-state index contributed by atoms with van der Waals surface area (Å²) in [6.45, 7) is 6.96. The SMILES string of the molecule is CCC1CN(CC(=O)N2CCCN(c3ncccn3)CC2)Cc2cc(OC)ccc2O1. The number of hydrogen-bond donors (Lipinski definition) is 0. The van der Waals surface area contributed by atoms with E-state index in [4.69, 9.17) is 9.47 Å². The zero-order valence-corrected chi connectivity index (χ0v) is 18.4. The summed E-state index contributed by atoms with van der Waals surface area (Å²) in [5, 5.41) is 0. The van der Waals surface area contributed by atoms with Crippen molar-refractivity contribution in [3.63, 3.8) is 0 Å². The fraction of sp³-hybridized carbons (Fsp3) is 0.522. The molecule has 4 rings (SSSR count). The lowest BCUT2D eigenvalue weighted by Gasteiger charge is -2.27. The summed E-state index contributed by atoms with van der Waals surface area (Å²) in [5.74, 6) is 2.59. The molecule has 166 valence electrons. The molecular formula is C23H31N5O3. The minimum Gasteiger partial charge on any atom is -0.497 e. The van der Waals surface area contributed by atoms with Crippen LogP contribution in [0.15, 0.2) is 36.7 Å². The van der Waals surface area contributed by atoms with Gasteiger partial charge >= 0.3 is 0 Å². The van der Waals surface area contributed by atoms with Gasteiger partial charge in [0.1, 0.15) is 17.6 Å². The number of methoxy groups -OCH3 is 1. The molecule has 2 aliphatic heterocycles. The minimum atomic E-state index is 0.0669. The van der Waals surface area contributed by atoms with Crippen LogP contribution in [0.1, 0.15) is 25.3 Å². The zero-order valence-electron chi connectivity index (χ0n) is 18.4. The van der Waals surface area contributed by atoms with Crippen LogP contribution in [0.4, 0.5) is 5.95 Å².